The normalized spacial score (nSPS) is 20.8. The maximum Gasteiger partial charge on any atom is 0.330 e. The van der Waals surface area contributed by atoms with Gasteiger partial charge in [-0.3, -0.25) is 0 Å². The van der Waals surface area contributed by atoms with Crippen LogP contribution >= 0.6 is 0 Å². The summed E-state index contributed by atoms with van der Waals surface area (Å²) >= 11 is 0. The number of nitrogens with one attached hydrogen (secondary N) is 2. The van der Waals surface area contributed by atoms with Crippen molar-refractivity contribution in [3.8, 4) is 0 Å². The van der Waals surface area contributed by atoms with E-state index in [0.717, 1.165) is 49.9 Å². The van der Waals surface area contributed by atoms with Gasteiger partial charge in [-0.05, 0) is 82.1 Å². The molecule has 0 heterocycles. The van der Waals surface area contributed by atoms with Gasteiger partial charge in [0.25, 0.3) is 0 Å². The van der Waals surface area contributed by atoms with Gasteiger partial charge in [-0.1, -0.05) is 32.4 Å². The lowest BCUT2D eigenvalue weighted by Gasteiger charge is -2.31. The highest BCUT2D eigenvalue weighted by molar-refractivity contribution is 7.90. The zero-order valence-electron chi connectivity index (χ0n) is 20.2. The molecule has 1 aromatic rings. The second kappa shape index (κ2) is 11.8. The molecule has 0 bridgehead atoms. The predicted octanol–water partition coefficient (Wildman–Crippen LogP) is 4.98. The maximum atomic E-state index is 12.3. The predicted molar refractivity (Wildman–Crippen MR) is 132 cm³/mol. The van der Waals surface area contributed by atoms with Gasteiger partial charge in [0.15, 0.2) is 0 Å². The average Bonchev–Trinajstić information content (AvgIpc) is 2.75. The van der Waals surface area contributed by atoms with Crippen molar-refractivity contribution >= 4 is 27.8 Å². The molecule has 1 aliphatic rings. The van der Waals surface area contributed by atoms with Crippen molar-refractivity contribution in [3.05, 3.63) is 35.9 Å². The molecule has 1 atom stereocenters. The minimum absolute atomic E-state index is 0.0402. The lowest BCUT2D eigenvalue weighted by Crippen LogP contribution is -2.46. The number of hydrogen-bond donors (Lipinski definition) is 2. The smallest absolute Gasteiger partial charge is 0.330 e. The van der Waals surface area contributed by atoms with E-state index in [1.165, 1.54) is 6.08 Å². The van der Waals surface area contributed by atoms with Crippen LogP contribution in [0.15, 0.2) is 30.3 Å². The van der Waals surface area contributed by atoms with Crippen molar-refractivity contribution in [2.24, 2.45) is 11.8 Å². The van der Waals surface area contributed by atoms with Crippen LogP contribution in [0.3, 0.4) is 0 Å². The fraction of sp³-hybridized carbons (Fsp3) is 0.640. The van der Waals surface area contributed by atoms with Crippen LogP contribution < -0.4 is 10.0 Å². The number of hydrogen-bond acceptors (Lipinski definition) is 5. The molecule has 0 amide bonds. The summed E-state index contributed by atoms with van der Waals surface area (Å²) < 4.78 is 32.0. The largest absolute Gasteiger partial charge is 0.462 e. The maximum absolute atomic E-state index is 12.3. The molecule has 2 rings (SSSR count). The molecular weight excluding hydrogens is 424 g/mol. The third kappa shape index (κ3) is 8.58. The monoisotopic (exact) mass is 464 g/mol. The highest BCUT2D eigenvalue weighted by Gasteiger charge is 2.32. The molecule has 1 aromatic carbocycles. The van der Waals surface area contributed by atoms with E-state index >= 15 is 0 Å². The van der Waals surface area contributed by atoms with Gasteiger partial charge in [-0.2, -0.15) is 0 Å². The van der Waals surface area contributed by atoms with Gasteiger partial charge >= 0.3 is 5.97 Å². The van der Waals surface area contributed by atoms with Crippen molar-refractivity contribution in [1.29, 1.82) is 0 Å². The summed E-state index contributed by atoms with van der Waals surface area (Å²) in [6, 6.07) is 8.00. The summed E-state index contributed by atoms with van der Waals surface area (Å²) in [5, 5.41) is 3.48. The molecule has 0 spiro atoms. The van der Waals surface area contributed by atoms with Crippen molar-refractivity contribution in [3.63, 3.8) is 0 Å². The van der Waals surface area contributed by atoms with Crippen LogP contribution in [-0.2, 0) is 19.6 Å². The Labute approximate surface area is 194 Å². The molecule has 0 aromatic heterocycles. The van der Waals surface area contributed by atoms with E-state index in [1.807, 2.05) is 24.3 Å². The highest BCUT2D eigenvalue weighted by atomic mass is 32.2. The van der Waals surface area contributed by atoms with Crippen molar-refractivity contribution < 1.29 is 17.9 Å². The first kappa shape index (κ1) is 26.4. The van der Waals surface area contributed by atoms with Gasteiger partial charge in [0.05, 0.1) is 11.4 Å². The molecule has 32 heavy (non-hydrogen) atoms. The van der Waals surface area contributed by atoms with Crippen molar-refractivity contribution in [2.45, 2.75) is 77.5 Å². The van der Waals surface area contributed by atoms with Crippen LogP contribution in [0.2, 0.25) is 0 Å². The molecule has 180 valence electrons. The van der Waals surface area contributed by atoms with Gasteiger partial charge in [0.1, 0.15) is 0 Å². The number of esters is 1. The first-order valence-electron chi connectivity index (χ1n) is 11.7. The zero-order valence-corrected chi connectivity index (χ0v) is 21.0. The lowest BCUT2D eigenvalue weighted by atomic mass is 9.86. The lowest BCUT2D eigenvalue weighted by molar-refractivity contribution is -0.138. The summed E-state index contributed by atoms with van der Waals surface area (Å²) in [4.78, 5) is 11.8. The van der Waals surface area contributed by atoms with Crippen LogP contribution in [0.25, 0.3) is 6.08 Å². The number of anilines is 1. The number of carbonyl (C=O) groups is 1. The van der Waals surface area contributed by atoms with Gasteiger partial charge in [0.2, 0.25) is 10.0 Å². The average molecular weight is 465 g/mol. The topological polar surface area (TPSA) is 84.5 Å². The fourth-order valence-electron chi connectivity index (χ4n) is 3.41. The van der Waals surface area contributed by atoms with Gasteiger partial charge in [-0.15, -0.1) is 0 Å². The molecule has 1 aliphatic carbocycles. The van der Waals surface area contributed by atoms with Crippen molar-refractivity contribution in [1.82, 2.24) is 4.72 Å². The van der Waals surface area contributed by atoms with Gasteiger partial charge in [-0.25, -0.2) is 17.9 Å². The Morgan fingerprint density at radius 1 is 1.16 bits per heavy atom. The molecule has 0 radical (unpaired) electrons. The molecule has 2 N–H and O–H groups in total. The fourth-order valence-corrected chi connectivity index (χ4v) is 4.44. The number of benzene rings is 1. The van der Waals surface area contributed by atoms with E-state index in [0.29, 0.717) is 18.4 Å². The summed E-state index contributed by atoms with van der Waals surface area (Å²) in [6.07, 6.45) is 7.98. The summed E-state index contributed by atoms with van der Waals surface area (Å²) in [5.74, 6) is 0.596. The summed E-state index contributed by atoms with van der Waals surface area (Å²) in [6.45, 7) is 10.6. The minimum Gasteiger partial charge on any atom is -0.462 e. The molecule has 1 unspecified atom stereocenters. The van der Waals surface area contributed by atoms with Gasteiger partial charge < -0.3 is 10.1 Å². The van der Waals surface area contributed by atoms with Crippen molar-refractivity contribution in [2.75, 3.05) is 18.5 Å². The third-order valence-corrected chi connectivity index (χ3v) is 8.36. The van der Waals surface area contributed by atoms with Crippen LogP contribution in [0.4, 0.5) is 5.69 Å². The standard InChI is InChI=1S/C25H40N2O4S/c1-6-19(2)18-31-24(28)16-11-20-7-12-22(13-8-20)26-17-21-9-14-23(15-10-21)27-32(29,30)25(3,4)5/h7-8,11-13,16,19,21,23,26-27H,6,9-10,14-15,17-18H2,1-5H3/b16-11+/t19?,21-,23-. The molecule has 0 aliphatic heterocycles. The van der Waals surface area contributed by atoms with E-state index in [1.54, 1.807) is 26.8 Å². The summed E-state index contributed by atoms with van der Waals surface area (Å²) in [7, 11) is -3.29. The second-order valence-corrected chi connectivity index (χ2v) is 12.4. The molecule has 1 fully saturated rings. The van der Waals surface area contributed by atoms with E-state index in [2.05, 4.69) is 23.9 Å². The van der Waals surface area contributed by atoms with Crippen LogP contribution in [-0.4, -0.2) is 38.3 Å². The van der Waals surface area contributed by atoms with E-state index in [-0.39, 0.29) is 12.0 Å². The number of sulfonamides is 1. The van der Waals surface area contributed by atoms with Crippen LogP contribution in [0, 0.1) is 11.8 Å². The van der Waals surface area contributed by atoms with E-state index in [4.69, 9.17) is 4.74 Å². The van der Waals surface area contributed by atoms with Crippen LogP contribution in [0.1, 0.15) is 72.3 Å². The molecule has 7 heteroatoms. The molecule has 1 saturated carbocycles. The molecule has 0 saturated heterocycles. The van der Waals surface area contributed by atoms with Gasteiger partial charge in [0, 0.05) is 24.4 Å². The molecule has 6 nitrogen and oxygen atoms in total. The quantitative estimate of drug-likeness (QED) is 0.377. The highest BCUT2D eigenvalue weighted by Crippen LogP contribution is 2.26. The Morgan fingerprint density at radius 2 is 1.78 bits per heavy atom. The Kier molecular flexibility index (Phi) is 9.77. The number of rotatable bonds is 10. The molecular formula is C25H40N2O4S. The third-order valence-electron chi connectivity index (χ3n) is 6.10. The Bertz CT molecular complexity index is 849. The Balaban J connectivity index is 1.73. The van der Waals surface area contributed by atoms with E-state index in [9.17, 15) is 13.2 Å². The first-order chi connectivity index (χ1) is 15.0. The first-order valence-corrected chi connectivity index (χ1v) is 13.2. The van der Waals surface area contributed by atoms with E-state index < -0.39 is 14.8 Å². The second-order valence-electron chi connectivity index (χ2n) is 9.93. The number of ether oxygens (including phenoxy) is 1. The van der Waals surface area contributed by atoms with Crippen LogP contribution in [0.5, 0.6) is 0 Å². The Hall–Kier alpha value is -1.86. The SMILES string of the molecule is CCC(C)COC(=O)/C=C/c1ccc(NC[C@H]2CC[C@H](NS(=O)(=O)C(C)(C)C)CC2)cc1. The minimum atomic E-state index is -3.29. The Morgan fingerprint density at radius 3 is 2.34 bits per heavy atom. The summed E-state index contributed by atoms with van der Waals surface area (Å²) in [5.41, 5.74) is 1.99. The zero-order chi connectivity index (χ0) is 23.8. The number of carbonyl (C=O) groups excluding carboxylic acids is 1.